The fourth-order valence-corrected chi connectivity index (χ4v) is 4.44. The second-order valence-electron chi connectivity index (χ2n) is 5.16. The van der Waals surface area contributed by atoms with Gasteiger partial charge in [0.2, 0.25) is 10.0 Å². The standard InChI is InChI=1S/C15H15FN2O3S2/c16-11-4-6-12(7-5-11)17-22-14-2-1-3-15(8-14)23(20,21)18-9-13(19)10-18/h1-8,13,17,19H,9-10H2. The van der Waals surface area contributed by atoms with Crippen LogP contribution in [-0.2, 0) is 10.0 Å². The molecule has 0 aliphatic carbocycles. The van der Waals surface area contributed by atoms with Gasteiger partial charge < -0.3 is 9.83 Å². The molecule has 122 valence electrons. The van der Waals surface area contributed by atoms with Crippen LogP contribution in [0.5, 0.6) is 0 Å². The molecule has 23 heavy (non-hydrogen) atoms. The molecule has 1 aliphatic rings. The van der Waals surface area contributed by atoms with Crippen LogP contribution in [0.4, 0.5) is 10.1 Å². The summed E-state index contributed by atoms with van der Waals surface area (Å²) in [7, 11) is -3.56. The van der Waals surface area contributed by atoms with Crippen molar-refractivity contribution in [1.29, 1.82) is 0 Å². The lowest BCUT2D eigenvalue weighted by atomic mass is 10.2. The van der Waals surface area contributed by atoms with Gasteiger partial charge in [0.25, 0.3) is 0 Å². The Labute approximate surface area is 138 Å². The SMILES string of the molecule is O=S(=O)(c1cccc(SNc2ccc(F)cc2)c1)N1CC(O)C1. The van der Waals surface area contributed by atoms with E-state index in [4.69, 9.17) is 0 Å². The van der Waals surface area contributed by atoms with E-state index in [0.717, 1.165) is 10.6 Å². The van der Waals surface area contributed by atoms with Crippen molar-refractivity contribution >= 4 is 27.7 Å². The van der Waals surface area contributed by atoms with E-state index in [0.29, 0.717) is 0 Å². The van der Waals surface area contributed by atoms with Gasteiger partial charge in [-0.15, -0.1) is 0 Å². The molecule has 0 amide bonds. The van der Waals surface area contributed by atoms with Gasteiger partial charge in [-0.05, 0) is 54.4 Å². The van der Waals surface area contributed by atoms with Crippen LogP contribution in [0.25, 0.3) is 0 Å². The minimum absolute atomic E-state index is 0.132. The fraction of sp³-hybridized carbons (Fsp3) is 0.200. The van der Waals surface area contributed by atoms with E-state index in [2.05, 4.69) is 4.72 Å². The number of nitrogens with zero attached hydrogens (tertiary/aromatic N) is 1. The van der Waals surface area contributed by atoms with E-state index in [-0.39, 0.29) is 23.8 Å². The second-order valence-corrected chi connectivity index (χ2v) is 7.98. The van der Waals surface area contributed by atoms with Gasteiger partial charge in [-0.1, -0.05) is 6.07 Å². The van der Waals surface area contributed by atoms with E-state index in [9.17, 15) is 17.9 Å². The zero-order valence-electron chi connectivity index (χ0n) is 12.0. The monoisotopic (exact) mass is 354 g/mol. The Morgan fingerprint density at radius 1 is 1.17 bits per heavy atom. The van der Waals surface area contributed by atoms with Gasteiger partial charge in [0.1, 0.15) is 5.82 Å². The molecule has 0 aromatic heterocycles. The average Bonchev–Trinajstić information content (AvgIpc) is 2.51. The van der Waals surface area contributed by atoms with Crippen LogP contribution < -0.4 is 4.72 Å². The van der Waals surface area contributed by atoms with Crippen LogP contribution in [-0.4, -0.2) is 37.0 Å². The number of halogens is 1. The van der Waals surface area contributed by atoms with Crippen molar-refractivity contribution in [2.24, 2.45) is 0 Å². The number of aliphatic hydroxyl groups is 1. The zero-order chi connectivity index (χ0) is 16.4. The van der Waals surface area contributed by atoms with Crippen molar-refractivity contribution in [3.63, 3.8) is 0 Å². The van der Waals surface area contributed by atoms with E-state index in [1.54, 1.807) is 30.3 Å². The number of nitrogens with one attached hydrogen (secondary N) is 1. The van der Waals surface area contributed by atoms with Crippen molar-refractivity contribution in [1.82, 2.24) is 4.31 Å². The first-order valence-electron chi connectivity index (χ1n) is 6.92. The maximum Gasteiger partial charge on any atom is 0.243 e. The van der Waals surface area contributed by atoms with E-state index in [1.165, 1.54) is 34.5 Å². The summed E-state index contributed by atoms with van der Waals surface area (Å²) in [5.74, 6) is -0.314. The normalized spacial score (nSPS) is 16.1. The molecule has 1 heterocycles. The molecule has 0 radical (unpaired) electrons. The van der Waals surface area contributed by atoms with Gasteiger partial charge in [0.15, 0.2) is 0 Å². The summed E-state index contributed by atoms with van der Waals surface area (Å²) in [5, 5.41) is 9.27. The fourth-order valence-electron chi connectivity index (χ4n) is 2.10. The third kappa shape index (κ3) is 3.66. The lowest BCUT2D eigenvalue weighted by Crippen LogP contribution is -2.53. The Morgan fingerprint density at radius 2 is 1.87 bits per heavy atom. The summed E-state index contributed by atoms with van der Waals surface area (Å²) in [6, 6.07) is 12.4. The summed E-state index contributed by atoms with van der Waals surface area (Å²) in [5.41, 5.74) is 0.718. The number of hydrogen-bond acceptors (Lipinski definition) is 5. The summed E-state index contributed by atoms with van der Waals surface area (Å²) in [6.45, 7) is 0.265. The Bertz CT molecular complexity index is 791. The average molecular weight is 354 g/mol. The predicted octanol–water partition coefficient (Wildman–Crippen LogP) is 2.31. The van der Waals surface area contributed by atoms with Crippen molar-refractivity contribution in [3.05, 3.63) is 54.3 Å². The van der Waals surface area contributed by atoms with Crippen LogP contribution in [0.15, 0.2) is 58.3 Å². The second kappa shape index (κ2) is 6.48. The first kappa shape index (κ1) is 16.3. The van der Waals surface area contributed by atoms with Crippen LogP contribution >= 0.6 is 11.9 Å². The number of anilines is 1. The van der Waals surface area contributed by atoms with Gasteiger partial charge >= 0.3 is 0 Å². The molecular weight excluding hydrogens is 339 g/mol. The van der Waals surface area contributed by atoms with Crippen LogP contribution in [0.1, 0.15) is 0 Å². The highest BCUT2D eigenvalue weighted by Crippen LogP contribution is 2.27. The van der Waals surface area contributed by atoms with Crippen molar-refractivity contribution < 1.29 is 17.9 Å². The van der Waals surface area contributed by atoms with Crippen molar-refractivity contribution in [2.45, 2.75) is 15.9 Å². The van der Waals surface area contributed by atoms with Gasteiger partial charge in [-0.25, -0.2) is 12.8 Å². The smallest absolute Gasteiger partial charge is 0.243 e. The van der Waals surface area contributed by atoms with Crippen LogP contribution in [0, 0.1) is 5.82 Å². The van der Waals surface area contributed by atoms with Gasteiger partial charge in [-0.2, -0.15) is 4.31 Å². The van der Waals surface area contributed by atoms with E-state index >= 15 is 0 Å². The molecular formula is C15H15FN2O3S2. The lowest BCUT2D eigenvalue weighted by molar-refractivity contribution is 0.0548. The number of aliphatic hydroxyl groups excluding tert-OH is 1. The molecule has 1 fully saturated rings. The molecule has 2 aromatic carbocycles. The molecule has 0 atom stereocenters. The van der Waals surface area contributed by atoms with Gasteiger partial charge in [0.05, 0.1) is 11.0 Å². The largest absolute Gasteiger partial charge is 0.390 e. The highest BCUT2D eigenvalue weighted by molar-refractivity contribution is 8.00. The molecule has 5 nitrogen and oxygen atoms in total. The van der Waals surface area contributed by atoms with Gasteiger partial charge in [-0.3, -0.25) is 0 Å². The minimum atomic E-state index is -3.56. The lowest BCUT2D eigenvalue weighted by Gasteiger charge is -2.34. The molecule has 0 unspecified atom stereocenters. The Morgan fingerprint density at radius 3 is 2.52 bits per heavy atom. The maximum atomic E-state index is 12.9. The topological polar surface area (TPSA) is 69.6 Å². The zero-order valence-corrected chi connectivity index (χ0v) is 13.6. The van der Waals surface area contributed by atoms with Gasteiger partial charge in [0, 0.05) is 23.7 Å². The van der Waals surface area contributed by atoms with Crippen molar-refractivity contribution in [2.75, 3.05) is 17.8 Å². The summed E-state index contributed by atoms with van der Waals surface area (Å²) < 4.78 is 41.9. The molecule has 0 bridgehead atoms. The Balaban J connectivity index is 1.71. The predicted molar refractivity (Wildman–Crippen MR) is 87.1 cm³/mol. The summed E-state index contributed by atoms with van der Waals surface area (Å²) in [4.78, 5) is 0.909. The molecule has 8 heteroatoms. The third-order valence-corrected chi connectivity index (χ3v) is 6.06. The molecule has 2 N–H and O–H groups in total. The molecule has 0 saturated carbocycles. The number of β-amino-alcohol motifs (C(OH)–C–C–N with tert-alkyl or cyclic N) is 1. The maximum absolute atomic E-state index is 12.9. The van der Waals surface area contributed by atoms with E-state index < -0.39 is 16.1 Å². The molecule has 0 spiro atoms. The minimum Gasteiger partial charge on any atom is -0.390 e. The Kier molecular flexibility index (Phi) is 4.58. The number of rotatable bonds is 5. The van der Waals surface area contributed by atoms with Crippen LogP contribution in [0.3, 0.4) is 0 Å². The molecule has 3 rings (SSSR count). The first-order chi connectivity index (χ1) is 10.9. The number of benzene rings is 2. The number of sulfonamides is 1. The highest BCUT2D eigenvalue weighted by atomic mass is 32.2. The number of hydrogen-bond donors (Lipinski definition) is 2. The van der Waals surface area contributed by atoms with E-state index in [1.807, 2.05) is 0 Å². The first-order valence-corrected chi connectivity index (χ1v) is 9.17. The molecule has 1 saturated heterocycles. The Hall–Kier alpha value is -1.61. The van der Waals surface area contributed by atoms with Crippen molar-refractivity contribution in [3.8, 4) is 0 Å². The molecule has 1 aliphatic heterocycles. The summed E-state index contributed by atoms with van der Waals surface area (Å²) in [6.07, 6.45) is -0.581. The quantitative estimate of drug-likeness (QED) is 0.807. The van der Waals surface area contributed by atoms with Crippen LogP contribution in [0.2, 0.25) is 0 Å². The third-order valence-electron chi connectivity index (χ3n) is 3.40. The summed E-state index contributed by atoms with van der Waals surface area (Å²) >= 11 is 1.24. The molecule has 2 aromatic rings. The highest BCUT2D eigenvalue weighted by Gasteiger charge is 2.35.